The number of aryl methyl sites for hydroxylation is 2. The Morgan fingerprint density at radius 2 is 1.52 bits per heavy atom. The fourth-order valence-electron chi connectivity index (χ4n) is 1.97. The van der Waals surface area contributed by atoms with Crippen molar-refractivity contribution in [2.45, 2.75) is 13.8 Å². The van der Waals surface area contributed by atoms with E-state index < -0.39 is 0 Å². The van der Waals surface area contributed by atoms with Crippen LogP contribution in [0.25, 0.3) is 21.1 Å². The average molecular weight is 431 g/mol. The maximum absolute atomic E-state index is 4.41. The van der Waals surface area contributed by atoms with Crippen molar-refractivity contribution in [1.82, 2.24) is 19.9 Å². The maximum Gasteiger partial charge on any atom is 0.126 e. The molecule has 0 aromatic carbocycles. The molecular weight excluding hydrogens is 416 g/mol. The highest BCUT2D eigenvalue weighted by Crippen LogP contribution is 2.30. The second-order valence-electron chi connectivity index (χ2n) is 5.16. The predicted octanol–water partition coefficient (Wildman–Crippen LogP) is 5.79. The van der Waals surface area contributed by atoms with Crippen LogP contribution in [-0.4, -0.2) is 19.9 Å². The molecular formula is C18H15BrN4S2. The van der Waals surface area contributed by atoms with Gasteiger partial charge < -0.3 is 0 Å². The van der Waals surface area contributed by atoms with Gasteiger partial charge in [-0.05, 0) is 54.0 Å². The van der Waals surface area contributed by atoms with Gasteiger partial charge in [-0.1, -0.05) is 0 Å². The highest BCUT2D eigenvalue weighted by Gasteiger charge is 2.06. The van der Waals surface area contributed by atoms with Crippen LogP contribution in [0.4, 0.5) is 0 Å². The number of hydrogen-bond acceptors (Lipinski definition) is 6. The molecule has 4 aromatic heterocycles. The number of hydrogen-bond donors (Lipinski definition) is 0. The van der Waals surface area contributed by atoms with Gasteiger partial charge in [-0.25, -0.2) is 9.97 Å². The molecule has 25 heavy (non-hydrogen) atoms. The molecule has 0 aliphatic carbocycles. The van der Waals surface area contributed by atoms with Crippen molar-refractivity contribution in [3.63, 3.8) is 0 Å². The van der Waals surface area contributed by atoms with Crippen LogP contribution in [0.3, 0.4) is 0 Å². The first-order valence-electron chi connectivity index (χ1n) is 7.49. The number of thiazole rings is 2. The molecule has 4 rings (SSSR count). The van der Waals surface area contributed by atoms with Crippen LogP contribution in [0, 0.1) is 13.8 Å². The van der Waals surface area contributed by atoms with Crippen LogP contribution in [-0.2, 0) is 0 Å². The van der Waals surface area contributed by atoms with Crippen LogP contribution < -0.4 is 0 Å². The summed E-state index contributed by atoms with van der Waals surface area (Å²) in [6.07, 6.45) is 7.19. The van der Waals surface area contributed by atoms with E-state index in [1.807, 2.05) is 55.9 Å². The third-order valence-corrected chi connectivity index (χ3v) is 6.24. The molecule has 0 amide bonds. The quantitative estimate of drug-likeness (QED) is 0.403. The van der Waals surface area contributed by atoms with Crippen LogP contribution >= 0.6 is 38.6 Å². The summed E-state index contributed by atoms with van der Waals surface area (Å²) in [5, 5.41) is 4.10. The summed E-state index contributed by atoms with van der Waals surface area (Å²) in [6, 6.07) is 7.87. The largest absolute Gasteiger partial charge is 0.264 e. The van der Waals surface area contributed by atoms with Gasteiger partial charge in [0.25, 0.3) is 0 Å². The Hall–Kier alpha value is -1.96. The summed E-state index contributed by atoms with van der Waals surface area (Å²) < 4.78 is 1.09. The zero-order valence-electron chi connectivity index (χ0n) is 13.7. The van der Waals surface area contributed by atoms with E-state index in [-0.39, 0.29) is 0 Å². The van der Waals surface area contributed by atoms with Crippen LogP contribution in [0.2, 0.25) is 0 Å². The first-order valence-corrected chi connectivity index (χ1v) is 9.98. The summed E-state index contributed by atoms with van der Waals surface area (Å²) in [4.78, 5) is 16.9. The van der Waals surface area contributed by atoms with Crippen molar-refractivity contribution in [3.05, 3.63) is 69.6 Å². The molecule has 0 spiro atoms. The van der Waals surface area contributed by atoms with Gasteiger partial charge in [-0.2, -0.15) is 0 Å². The summed E-state index contributed by atoms with van der Waals surface area (Å²) in [6.45, 7) is 3.98. The van der Waals surface area contributed by atoms with E-state index in [1.54, 1.807) is 35.1 Å². The molecule has 0 aliphatic heterocycles. The fourth-order valence-corrected chi connectivity index (χ4v) is 4.09. The number of nitrogens with zero attached hydrogens (tertiary/aromatic N) is 4. The highest BCUT2D eigenvalue weighted by molar-refractivity contribution is 9.11. The number of halogens is 1. The maximum atomic E-state index is 4.41. The molecule has 0 saturated carbocycles. The van der Waals surface area contributed by atoms with Crippen LogP contribution in [0.1, 0.15) is 11.4 Å². The molecule has 0 N–H and O–H groups in total. The summed E-state index contributed by atoms with van der Waals surface area (Å²) in [7, 11) is 0. The van der Waals surface area contributed by atoms with E-state index in [0.717, 1.165) is 36.3 Å². The van der Waals surface area contributed by atoms with Gasteiger partial charge in [0.1, 0.15) is 10.0 Å². The Balaban J connectivity index is 0.000000146. The van der Waals surface area contributed by atoms with E-state index in [0.29, 0.717) is 0 Å². The monoisotopic (exact) mass is 430 g/mol. The summed E-state index contributed by atoms with van der Waals surface area (Å²) in [5.41, 5.74) is 4.26. The Morgan fingerprint density at radius 3 is 1.96 bits per heavy atom. The molecule has 4 heterocycles. The predicted molar refractivity (Wildman–Crippen MR) is 108 cm³/mol. The van der Waals surface area contributed by atoms with E-state index >= 15 is 0 Å². The average Bonchev–Trinajstić information content (AvgIpc) is 3.23. The standard InChI is InChI=1S/C9H7BrN2S.C9H8N2S/c1-6-8(10)13-9(12-6)7-3-2-4-11-5-7;1-7-6-12-9(11-7)8-3-2-4-10-5-8/h2-5H,1H3;2-6H,1H3. The summed E-state index contributed by atoms with van der Waals surface area (Å²) in [5.74, 6) is 0. The topological polar surface area (TPSA) is 51.6 Å². The van der Waals surface area contributed by atoms with Crippen molar-refractivity contribution in [3.8, 4) is 21.1 Å². The van der Waals surface area contributed by atoms with Gasteiger partial charge in [0, 0.05) is 47.0 Å². The van der Waals surface area contributed by atoms with E-state index in [4.69, 9.17) is 0 Å². The van der Waals surface area contributed by atoms with Crippen molar-refractivity contribution in [2.75, 3.05) is 0 Å². The lowest BCUT2D eigenvalue weighted by Crippen LogP contribution is -1.77. The molecule has 0 radical (unpaired) electrons. The molecule has 0 unspecified atom stereocenters. The minimum Gasteiger partial charge on any atom is -0.264 e. The number of aromatic nitrogens is 4. The van der Waals surface area contributed by atoms with E-state index in [1.165, 1.54) is 0 Å². The van der Waals surface area contributed by atoms with E-state index in [2.05, 4.69) is 35.9 Å². The fraction of sp³-hybridized carbons (Fsp3) is 0.111. The Kier molecular flexibility index (Phi) is 6.01. The minimum atomic E-state index is 1.01. The third kappa shape index (κ3) is 4.78. The highest BCUT2D eigenvalue weighted by atomic mass is 79.9. The zero-order chi connectivity index (χ0) is 17.6. The molecule has 0 fully saturated rings. The first kappa shape index (κ1) is 17.8. The molecule has 7 heteroatoms. The van der Waals surface area contributed by atoms with E-state index in [9.17, 15) is 0 Å². The van der Waals surface area contributed by atoms with Gasteiger partial charge in [-0.3, -0.25) is 9.97 Å². The lowest BCUT2D eigenvalue weighted by molar-refractivity contribution is 1.24. The SMILES string of the molecule is Cc1csc(-c2cccnc2)n1.Cc1nc(-c2cccnc2)sc1Br. The molecule has 0 atom stereocenters. The normalized spacial score (nSPS) is 10.2. The van der Waals surface area contributed by atoms with Crippen molar-refractivity contribution >= 4 is 38.6 Å². The zero-order valence-corrected chi connectivity index (χ0v) is 16.9. The lowest BCUT2D eigenvalue weighted by Gasteiger charge is -1.91. The minimum absolute atomic E-state index is 1.01. The molecule has 4 nitrogen and oxygen atoms in total. The van der Waals surface area contributed by atoms with Gasteiger partial charge in [0.05, 0.1) is 9.48 Å². The smallest absolute Gasteiger partial charge is 0.126 e. The van der Waals surface area contributed by atoms with Crippen LogP contribution in [0.15, 0.2) is 58.2 Å². The number of rotatable bonds is 2. The number of pyridine rings is 2. The van der Waals surface area contributed by atoms with Crippen LogP contribution in [0.5, 0.6) is 0 Å². The second kappa shape index (κ2) is 8.42. The molecule has 0 saturated heterocycles. The van der Waals surface area contributed by atoms with Gasteiger partial charge in [0.2, 0.25) is 0 Å². The van der Waals surface area contributed by atoms with Crippen molar-refractivity contribution in [2.24, 2.45) is 0 Å². The second-order valence-corrected chi connectivity index (χ2v) is 8.33. The Morgan fingerprint density at radius 1 is 0.880 bits per heavy atom. The first-order chi connectivity index (χ1) is 12.1. The molecule has 126 valence electrons. The lowest BCUT2D eigenvalue weighted by atomic mass is 10.3. The van der Waals surface area contributed by atoms with Crippen molar-refractivity contribution in [1.29, 1.82) is 0 Å². The van der Waals surface area contributed by atoms with Gasteiger partial charge >= 0.3 is 0 Å². The molecule has 0 bridgehead atoms. The summed E-state index contributed by atoms with van der Waals surface area (Å²) >= 11 is 6.73. The Labute approximate surface area is 162 Å². The Bertz CT molecular complexity index is 917. The van der Waals surface area contributed by atoms with Gasteiger partial charge in [0.15, 0.2) is 0 Å². The molecule has 0 aliphatic rings. The third-order valence-electron chi connectivity index (χ3n) is 3.18. The van der Waals surface area contributed by atoms with Gasteiger partial charge in [-0.15, -0.1) is 22.7 Å². The molecule has 4 aromatic rings. The van der Waals surface area contributed by atoms with Crippen molar-refractivity contribution < 1.29 is 0 Å².